The molecule has 0 aliphatic carbocycles. The van der Waals surface area contributed by atoms with Gasteiger partial charge in [0, 0.05) is 11.6 Å². The van der Waals surface area contributed by atoms with Crippen LogP contribution >= 0.6 is 11.3 Å². The van der Waals surface area contributed by atoms with Crippen molar-refractivity contribution in [2.75, 3.05) is 7.11 Å². The largest absolute Gasteiger partial charge is 0.464 e. The van der Waals surface area contributed by atoms with Crippen LogP contribution in [0.2, 0.25) is 0 Å². The molecule has 0 N–H and O–H groups in total. The number of esters is 1. The maximum absolute atomic E-state index is 14.6. The van der Waals surface area contributed by atoms with Gasteiger partial charge in [0.1, 0.15) is 18.0 Å². The number of methoxy groups -OCH3 is 1. The molecule has 2 aromatic carbocycles. The van der Waals surface area contributed by atoms with Crippen LogP contribution in [0.3, 0.4) is 0 Å². The predicted octanol–water partition coefficient (Wildman–Crippen LogP) is 3.54. The fourth-order valence-electron chi connectivity index (χ4n) is 2.82. The minimum absolute atomic E-state index is 0.0388. The van der Waals surface area contributed by atoms with Gasteiger partial charge < -0.3 is 9.47 Å². The van der Waals surface area contributed by atoms with Crippen LogP contribution < -0.4 is 10.4 Å². The van der Waals surface area contributed by atoms with Crippen molar-refractivity contribution in [3.63, 3.8) is 0 Å². The molecule has 4 aromatic rings. The Bertz CT molecular complexity index is 1340. The molecule has 0 unspecified atom stereocenters. The minimum Gasteiger partial charge on any atom is -0.464 e. The fourth-order valence-corrected chi connectivity index (χ4v) is 3.46. The SMILES string of the molecule is COC(=O)c1ncsc1Oc1ccc(-n2ncn(Cc3c(F)cccc3F)c2=O)cc1F. The van der Waals surface area contributed by atoms with Crippen molar-refractivity contribution in [3.05, 3.63) is 87.4 Å². The number of rotatable bonds is 6. The molecule has 0 atom stereocenters. The third kappa shape index (κ3) is 3.99. The van der Waals surface area contributed by atoms with Gasteiger partial charge in [0.25, 0.3) is 0 Å². The lowest BCUT2D eigenvalue weighted by molar-refractivity contribution is 0.0592. The van der Waals surface area contributed by atoms with E-state index in [2.05, 4.69) is 14.8 Å². The van der Waals surface area contributed by atoms with Gasteiger partial charge in [-0.15, -0.1) is 0 Å². The molecule has 2 heterocycles. The third-order valence-corrected chi connectivity index (χ3v) is 5.10. The van der Waals surface area contributed by atoms with E-state index in [9.17, 15) is 22.8 Å². The van der Waals surface area contributed by atoms with Crippen LogP contribution in [0.25, 0.3) is 5.69 Å². The van der Waals surface area contributed by atoms with Gasteiger partial charge in [-0.3, -0.25) is 4.57 Å². The van der Waals surface area contributed by atoms with E-state index in [-0.39, 0.29) is 34.3 Å². The highest BCUT2D eigenvalue weighted by molar-refractivity contribution is 7.11. The molecule has 0 saturated heterocycles. The Morgan fingerprint density at radius 2 is 1.88 bits per heavy atom. The molecule has 0 spiro atoms. The average molecular weight is 462 g/mol. The van der Waals surface area contributed by atoms with Crippen molar-refractivity contribution < 1.29 is 27.4 Å². The second kappa shape index (κ2) is 8.67. The van der Waals surface area contributed by atoms with Crippen LogP contribution in [0.4, 0.5) is 13.2 Å². The van der Waals surface area contributed by atoms with E-state index in [0.717, 1.165) is 45.1 Å². The number of thiazole rings is 1. The van der Waals surface area contributed by atoms with E-state index < -0.39 is 29.1 Å². The Balaban J connectivity index is 1.60. The van der Waals surface area contributed by atoms with Crippen LogP contribution in [-0.2, 0) is 11.3 Å². The summed E-state index contributed by atoms with van der Waals surface area (Å²) in [4.78, 5) is 28.1. The predicted molar refractivity (Wildman–Crippen MR) is 107 cm³/mol. The Hall–Kier alpha value is -3.93. The van der Waals surface area contributed by atoms with E-state index in [4.69, 9.17) is 4.74 Å². The molecule has 0 aliphatic heterocycles. The number of hydrogen-bond donors (Lipinski definition) is 0. The first-order valence-corrected chi connectivity index (χ1v) is 9.84. The van der Waals surface area contributed by atoms with Crippen molar-refractivity contribution in [3.8, 4) is 16.5 Å². The molecule has 0 amide bonds. The number of carbonyl (C=O) groups is 1. The van der Waals surface area contributed by atoms with Gasteiger partial charge in [0.15, 0.2) is 11.6 Å². The molecule has 32 heavy (non-hydrogen) atoms. The first-order chi connectivity index (χ1) is 15.4. The highest BCUT2D eigenvalue weighted by Crippen LogP contribution is 2.31. The zero-order valence-electron chi connectivity index (χ0n) is 16.3. The van der Waals surface area contributed by atoms with Crippen LogP contribution in [0.1, 0.15) is 16.1 Å². The summed E-state index contributed by atoms with van der Waals surface area (Å²) >= 11 is 0.973. The summed E-state index contributed by atoms with van der Waals surface area (Å²) in [5.74, 6) is -3.39. The van der Waals surface area contributed by atoms with Crippen molar-refractivity contribution in [1.29, 1.82) is 0 Å². The van der Waals surface area contributed by atoms with Crippen molar-refractivity contribution >= 4 is 17.3 Å². The molecule has 2 aromatic heterocycles. The number of benzene rings is 2. The number of hydrogen-bond acceptors (Lipinski definition) is 7. The van der Waals surface area contributed by atoms with E-state index in [1.165, 1.54) is 30.8 Å². The molecule has 164 valence electrons. The van der Waals surface area contributed by atoms with E-state index in [1.54, 1.807) is 0 Å². The van der Waals surface area contributed by atoms with Gasteiger partial charge in [0.05, 0.1) is 24.9 Å². The first kappa shape index (κ1) is 21.3. The van der Waals surface area contributed by atoms with Gasteiger partial charge in [0.2, 0.25) is 10.8 Å². The highest BCUT2D eigenvalue weighted by Gasteiger charge is 2.20. The Kier molecular flexibility index (Phi) is 5.77. The van der Waals surface area contributed by atoms with E-state index >= 15 is 0 Å². The highest BCUT2D eigenvalue weighted by atomic mass is 32.1. The quantitative estimate of drug-likeness (QED) is 0.408. The summed E-state index contributed by atoms with van der Waals surface area (Å²) in [5, 5.41) is 3.92. The van der Waals surface area contributed by atoms with Gasteiger partial charge in [-0.05, 0) is 24.3 Å². The Morgan fingerprint density at radius 1 is 1.12 bits per heavy atom. The maximum Gasteiger partial charge on any atom is 0.361 e. The zero-order chi connectivity index (χ0) is 22.8. The third-order valence-electron chi connectivity index (χ3n) is 4.40. The van der Waals surface area contributed by atoms with Crippen LogP contribution in [0.5, 0.6) is 10.8 Å². The molecule has 0 bridgehead atoms. The van der Waals surface area contributed by atoms with Crippen molar-refractivity contribution in [2.24, 2.45) is 0 Å². The lowest BCUT2D eigenvalue weighted by Crippen LogP contribution is -2.24. The molecule has 4 rings (SSSR count). The molecule has 0 aliphatic rings. The summed E-state index contributed by atoms with van der Waals surface area (Å²) < 4.78 is 54.2. The van der Waals surface area contributed by atoms with Gasteiger partial charge in [-0.25, -0.2) is 27.7 Å². The number of aromatic nitrogens is 4. The van der Waals surface area contributed by atoms with Crippen molar-refractivity contribution in [1.82, 2.24) is 19.3 Å². The Labute approximate surface area is 182 Å². The molecule has 8 nitrogen and oxygen atoms in total. The first-order valence-electron chi connectivity index (χ1n) is 8.96. The zero-order valence-corrected chi connectivity index (χ0v) is 17.1. The molecule has 0 radical (unpaired) electrons. The van der Waals surface area contributed by atoms with E-state index in [0.29, 0.717) is 0 Å². The van der Waals surface area contributed by atoms with Gasteiger partial charge in [-0.1, -0.05) is 17.4 Å². The standard InChI is InChI=1S/C20H13F3N4O4S/c1-30-18(28)17-19(32-10-24-17)31-16-6-5-11(7-15(16)23)27-20(29)26(9-25-27)8-12-13(21)3-2-4-14(12)22/h2-7,9-10H,8H2,1H3. The minimum atomic E-state index is -0.840. The fraction of sp³-hybridized carbons (Fsp3) is 0.100. The molecular formula is C20H13F3N4O4S. The second-order valence-corrected chi connectivity index (χ2v) is 7.17. The average Bonchev–Trinajstić information content (AvgIpc) is 3.38. The monoisotopic (exact) mass is 462 g/mol. The number of halogens is 3. The number of carbonyl (C=O) groups excluding carboxylic acids is 1. The lowest BCUT2D eigenvalue weighted by atomic mass is 10.2. The summed E-state index contributed by atoms with van der Waals surface area (Å²) in [7, 11) is 1.18. The Morgan fingerprint density at radius 3 is 2.56 bits per heavy atom. The summed E-state index contributed by atoms with van der Waals surface area (Å²) in [6.07, 6.45) is 1.09. The van der Waals surface area contributed by atoms with Gasteiger partial charge in [-0.2, -0.15) is 9.78 Å². The normalized spacial score (nSPS) is 10.9. The summed E-state index contributed by atoms with van der Waals surface area (Å²) in [6.45, 7) is -0.386. The maximum atomic E-state index is 14.6. The van der Waals surface area contributed by atoms with Crippen LogP contribution in [0, 0.1) is 17.5 Å². The second-order valence-electron chi connectivity index (χ2n) is 6.35. The van der Waals surface area contributed by atoms with Crippen LogP contribution in [-0.4, -0.2) is 32.4 Å². The summed E-state index contributed by atoms with van der Waals surface area (Å²) in [6, 6.07) is 6.98. The van der Waals surface area contributed by atoms with Crippen molar-refractivity contribution in [2.45, 2.75) is 6.54 Å². The molecule has 0 fully saturated rings. The van der Waals surface area contributed by atoms with Crippen LogP contribution in [0.15, 0.2) is 53.0 Å². The topological polar surface area (TPSA) is 88.2 Å². The molecule has 12 heteroatoms. The number of nitrogens with zero attached hydrogens (tertiary/aromatic N) is 4. The van der Waals surface area contributed by atoms with Gasteiger partial charge >= 0.3 is 11.7 Å². The molecular weight excluding hydrogens is 449 g/mol. The number of ether oxygens (including phenoxy) is 2. The lowest BCUT2D eigenvalue weighted by Gasteiger charge is -2.07. The van der Waals surface area contributed by atoms with E-state index in [1.807, 2.05) is 0 Å². The molecule has 0 saturated carbocycles. The summed E-state index contributed by atoms with van der Waals surface area (Å²) in [5.41, 5.74) is 0.283. The smallest absolute Gasteiger partial charge is 0.361 e.